The second-order valence-corrected chi connectivity index (χ2v) is 7.83. The standard InChI is InChI=1S/C22H43NO2/c1-6-7-8-9-10-11-12-13-14-15-16-17-21(18-23(4)5)19-25-22(24)20(2)3/h21H,2,6-19H2,1,3-5H3. The predicted molar refractivity (Wildman–Crippen MR) is 109 cm³/mol. The van der Waals surface area contributed by atoms with Gasteiger partial charge in [-0.15, -0.1) is 0 Å². The summed E-state index contributed by atoms with van der Waals surface area (Å²) in [6, 6.07) is 0. The van der Waals surface area contributed by atoms with Crippen LogP contribution in [0.2, 0.25) is 0 Å². The van der Waals surface area contributed by atoms with E-state index in [0.29, 0.717) is 18.1 Å². The van der Waals surface area contributed by atoms with Gasteiger partial charge in [-0.2, -0.15) is 0 Å². The van der Waals surface area contributed by atoms with Gasteiger partial charge in [0.1, 0.15) is 0 Å². The van der Waals surface area contributed by atoms with Gasteiger partial charge in [0.25, 0.3) is 0 Å². The van der Waals surface area contributed by atoms with Gasteiger partial charge in [-0.05, 0) is 27.4 Å². The first-order valence-corrected chi connectivity index (χ1v) is 10.4. The minimum atomic E-state index is -0.261. The first kappa shape index (κ1) is 24.2. The molecule has 0 aliphatic carbocycles. The highest BCUT2D eigenvalue weighted by Crippen LogP contribution is 2.15. The van der Waals surface area contributed by atoms with Crippen molar-refractivity contribution in [2.24, 2.45) is 5.92 Å². The maximum atomic E-state index is 11.6. The van der Waals surface area contributed by atoms with Crippen LogP contribution in [0.4, 0.5) is 0 Å². The summed E-state index contributed by atoms with van der Waals surface area (Å²) in [5, 5.41) is 0. The molecule has 0 fully saturated rings. The molecule has 3 nitrogen and oxygen atoms in total. The highest BCUT2D eigenvalue weighted by Gasteiger charge is 2.13. The lowest BCUT2D eigenvalue weighted by Crippen LogP contribution is -2.26. The zero-order chi connectivity index (χ0) is 18.9. The zero-order valence-corrected chi connectivity index (χ0v) is 17.4. The van der Waals surface area contributed by atoms with Gasteiger partial charge in [-0.3, -0.25) is 0 Å². The van der Waals surface area contributed by atoms with Crippen LogP contribution in [-0.4, -0.2) is 38.1 Å². The van der Waals surface area contributed by atoms with Gasteiger partial charge in [-0.25, -0.2) is 4.79 Å². The van der Waals surface area contributed by atoms with Crippen LogP contribution in [0.5, 0.6) is 0 Å². The second-order valence-electron chi connectivity index (χ2n) is 7.83. The molecule has 1 atom stereocenters. The van der Waals surface area contributed by atoms with Crippen LogP contribution < -0.4 is 0 Å². The Morgan fingerprint density at radius 3 is 1.84 bits per heavy atom. The van der Waals surface area contributed by atoms with E-state index in [-0.39, 0.29) is 5.97 Å². The summed E-state index contributed by atoms with van der Waals surface area (Å²) >= 11 is 0. The number of carbonyl (C=O) groups is 1. The van der Waals surface area contributed by atoms with Crippen LogP contribution >= 0.6 is 0 Å². The Bertz CT molecular complexity index is 339. The van der Waals surface area contributed by atoms with E-state index in [1.807, 2.05) is 0 Å². The first-order chi connectivity index (χ1) is 12.0. The van der Waals surface area contributed by atoms with Crippen molar-refractivity contribution < 1.29 is 9.53 Å². The Balaban J connectivity index is 3.67. The van der Waals surface area contributed by atoms with Gasteiger partial charge in [0.2, 0.25) is 0 Å². The molecule has 0 N–H and O–H groups in total. The molecule has 0 heterocycles. The summed E-state index contributed by atoms with van der Waals surface area (Å²) < 4.78 is 5.35. The lowest BCUT2D eigenvalue weighted by molar-refractivity contribution is -0.140. The van der Waals surface area contributed by atoms with Gasteiger partial charge < -0.3 is 9.64 Å². The average molecular weight is 354 g/mol. The van der Waals surface area contributed by atoms with E-state index in [1.165, 1.54) is 70.6 Å². The molecule has 0 saturated carbocycles. The molecule has 0 spiro atoms. The molecule has 0 aliphatic rings. The Labute approximate surface area is 157 Å². The molecule has 0 aromatic carbocycles. The topological polar surface area (TPSA) is 29.5 Å². The number of hydrogen-bond donors (Lipinski definition) is 0. The summed E-state index contributed by atoms with van der Waals surface area (Å²) in [4.78, 5) is 13.7. The van der Waals surface area contributed by atoms with Crippen molar-refractivity contribution in [1.82, 2.24) is 4.90 Å². The van der Waals surface area contributed by atoms with Crippen LogP contribution in [0.3, 0.4) is 0 Å². The smallest absolute Gasteiger partial charge is 0.333 e. The molecule has 0 aliphatic heterocycles. The summed E-state index contributed by atoms with van der Waals surface area (Å²) in [6.45, 7) is 9.10. The SMILES string of the molecule is C=C(C)C(=O)OCC(CCCCCCCCCCCCC)CN(C)C. The van der Waals surface area contributed by atoms with Crippen LogP contribution in [0.25, 0.3) is 0 Å². The lowest BCUT2D eigenvalue weighted by Gasteiger charge is -2.21. The maximum Gasteiger partial charge on any atom is 0.333 e. The van der Waals surface area contributed by atoms with E-state index in [1.54, 1.807) is 6.92 Å². The fourth-order valence-electron chi connectivity index (χ4n) is 3.16. The summed E-state index contributed by atoms with van der Waals surface area (Å²) in [5.41, 5.74) is 0.485. The summed E-state index contributed by atoms with van der Waals surface area (Å²) in [7, 11) is 4.15. The van der Waals surface area contributed by atoms with E-state index in [9.17, 15) is 4.79 Å². The Morgan fingerprint density at radius 1 is 0.920 bits per heavy atom. The molecule has 0 bridgehead atoms. The first-order valence-electron chi connectivity index (χ1n) is 10.4. The molecular weight excluding hydrogens is 310 g/mol. The minimum absolute atomic E-state index is 0.261. The Morgan fingerprint density at radius 2 is 1.40 bits per heavy atom. The van der Waals surface area contributed by atoms with Gasteiger partial charge in [-0.1, -0.05) is 84.1 Å². The van der Waals surface area contributed by atoms with E-state index >= 15 is 0 Å². The van der Waals surface area contributed by atoms with E-state index in [2.05, 4.69) is 32.5 Å². The molecule has 0 aromatic heterocycles. The number of unbranched alkanes of at least 4 members (excludes halogenated alkanes) is 10. The number of rotatable bonds is 17. The fraction of sp³-hybridized carbons (Fsp3) is 0.864. The van der Waals surface area contributed by atoms with E-state index < -0.39 is 0 Å². The highest BCUT2D eigenvalue weighted by atomic mass is 16.5. The highest BCUT2D eigenvalue weighted by molar-refractivity contribution is 5.86. The van der Waals surface area contributed by atoms with E-state index in [0.717, 1.165) is 13.0 Å². The van der Waals surface area contributed by atoms with Gasteiger partial charge >= 0.3 is 5.97 Å². The van der Waals surface area contributed by atoms with Gasteiger partial charge in [0, 0.05) is 18.0 Å². The maximum absolute atomic E-state index is 11.6. The normalized spacial score (nSPS) is 12.4. The number of esters is 1. The molecule has 0 rings (SSSR count). The predicted octanol–water partition coefficient (Wildman–Crippen LogP) is 5.98. The molecule has 0 saturated heterocycles. The third-order valence-corrected chi connectivity index (χ3v) is 4.64. The third kappa shape index (κ3) is 16.4. The third-order valence-electron chi connectivity index (χ3n) is 4.64. The van der Waals surface area contributed by atoms with Crippen LogP contribution in [0.15, 0.2) is 12.2 Å². The number of hydrogen-bond acceptors (Lipinski definition) is 3. The van der Waals surface area contributed by atoms with E-state index in [4.69, 9.17) is 4.74 Å². The van der Waals surface area contributed by atoms with Crippen molar-refractivity contribution in [3.05, 3.63) is 12.2 Å². The van der Waals surface area contributed by atoms with Crippen molar-refractivity contribution in [2.45, 2.75) is 90.9 Å². The van der Waals surface area contributed by atoms with Crippen molar-refractivity contribution in [3.8, 4) is 0 Å². The van der Waals surface area contributed by atoms with Crippen molar-refractivity contribution >= 4 is 5.97 Å². The summed E-state index contributed by atoms with van der Waals surface area (Å²) in [6.07, 6.45) is 16.2. The quantitative estimate of drug-likeness (QED) is 0.183. The molecule has 148 valence electrons. The molecular formula is C22H43NO2. The lowest BCUT2D eigenvalue weighted by atomic mass is 10.00. The van der Waals surface area contributed by atoms with Crippen LogP contribution in [0.1, 0.15) is 90.9 Å². The molecule has 3 heteroatoms. The zero-order valence-electron chi connectivity index (χ0n) is 17.4. The number of nitrogens with zero attached hydrogens (tertiary/aromatic N) is 1. The van der Waals surface area contributed by atoms with Gasteiger partial charge in [0.05, 0.1) is 6.61 Å². The van der Waals surface area contributed by atoms with Crippen molar-refractivity contribution in [1.29, 1.82) is 0 Å². The molecule has 25 heavy (non-hydrogen) atoms. The van der Waals surface area contributed by atoms with Crippen molar-refractivity contribution in [3.63, 3.8) is 0 Å². The largest absolute Gasteiger partial charge is 0.462 e. The van der Waals surface area contributed by atoms with Gasteiger partial charge in [0.15, 0.2) is 0 Å². The molecule has 0 radical (unpaired) electrons. The Hall–Kier alpha value is -0.830. The molecule has 1 unspecified atom stereocenters. The second kappa shape index (κ2) is 16.6. The fourth-order valence-corrected chi connectivity index (χ4v) is 3.16. The number of carbonyl (C=O) groups excluding carboxylic acids is 1. The van der Waals surface area contributed by atoms with Crippen LogP contribution in [-0.2, 0) is 9.53 Å². The average Bonchev–Trinajstić information content (AvgIpc) is 2.56. The number of ether oxygens (including phenoxy) is 1. The molecule has 0 amide bonds. The van der Waals surface area contributed by atoms with Crippen LogP contribution in [0, 0.1) is 5.92 Å². The minimum Gasteiger partial charge on any atom is -0.462 e. The van der Waals surface area contributed by atoms with Crippen molar-refractivity contribution in [2.75, 3.05) is 27.2 Å². The Kier molecular flexibility index (Phi) is 16.1. The molecule has 0 aromatic rings. The summed E-state index contributed by atoms with van der Waals surface area (Å²) in [5.74, 6) is 0.166. The monoisotopic (exact) mass is 353 g/mol.